The van der Waals surface area contributed by atoms with Crippen molar-refractivity contribution in [1.82, 2.24) is 9.78 Å². The Morgan fingerprint density at radius 1 is 1.06 bits per heavy atom. The predicted octanol–water partition coefficient (Wildman–Crippen LogP) is 3.38. The van der Waals surface area contributed by atoms with Crippen LogP contribution >= 0.6 is 0 Å². The zero-order chi connectivity index (χ0) is 22.1. The molecule has 0 amide bonds. The summed E-state index contributed by atoms with van der Waals surface area (Å²) in [6, 6.07) is 14.9. The molecule has 3 rings (SSSR count). The van der Waals surface area contributed by atoms with Gasteiger partial charge in [-0.25, -0.2) is 9.48 Å². The summed E-state index contributed by atoms with van der Waals surface area (Å²) in [5.74, 6) is 0.337. The van der Waals surface area contributed by atoms with Crippen molar-refractivity contribution in [2.75, 3.05) is 19.8 Å². The smallest absolute Gasteiger partial charge is 0.335 e. The molecule has 0 radical (unpaired) electrons. The summed E-state index contributed by atoms with van der Waals surface area (Å²) < 4.78 is 17.9. The predicted molar refractivity (Wildman–Crippen MR) is 118 cm³/mol. The summed E-state index contributed by atoms with van der Waals surface area (Å²) in [4.78, 5) is 24.6. The van der Waals surface area contributed by atoms with E-state index in [-0.39, 0.29) is 11.5 Å². The summed E-state index contributed by atoms with van der Waals surface area (Å²) in [6.07, 6.45) is 2.34. The van der Waals surface area contributed by atoms with E-state index in [1.807, 2.05) is 49.4 Å². The van der Waals surface area contributed by atoms with Crippen LogP contribution in [0.5, 0.6) is 5.75 Å². The second-order valence-electron chi connectivity index (χ2n) is 7.07. The van der Waals surface area contributed by atoms with E-state index in [0.29, 0.717) is 43.9 Å². The molecule has 0 aliphatic heterocycles. The Hall–Kier alpha value is -3.19. The zero-order valence-corrected chi connectivity index (χ0v) is 18.0. The normalized spacial score (nSPS) is 11.9. The first-order chi connectivity index (χ1) is 15.1. The standard InChI is InChI=1S/C24H28N2O5/c1-3-14-31-22(24(28)29-4-2)16-18-9-11-20(12-10-18)30-15-13-26-23(27)21-8-6-5-7-19(21)17-25-26/h5-12,17,22H,3-4,13-16H2,1-2H3. The zero-order valence-electron chi connectivity index (χ0n) is 18.0. The average Bonchev–Trinajstić information content (AvgIpc) is 2.79. The first-order valence-electron chi connectivity index (χ1n) is 10.6. The van der Waals surface area contributed by atoms with Crippen molar-refractivity contribution in [3.8, 4) is 5.75 Å². The van der Waals surface area contributed by atoms with Gasteiger partial charge in [0.1, 0.15) is 12.4 Å². The van der Waals surface area contributed by atoms with Crippen molar-refractivity contribution in [1.29, 1.82) is 0 Å². The molecule has 0 aliphatic rings. The molecular formula is C24H28N2O5. The average molecular weight is 424 g/mol. The SMILES string of the molecule is CCCOC(Cc1ccc(OCCn2ncc3ccccc3c2=O)cc1)C(=O)OCC. The van der Waals surface area contributed by atoms with Gasteiger partial charge >= 0.3 is 5.97 Å². The molecule has 1 unspecified atom stereocenters. The maximum Gasteiger partial charge on any atom is 0.335 e. The molecule has 1 heterocycles. The van der Waals surface area contributed by atoms with Gasteiger partial charge in [0.05, 0.1) is 24.7 Å². The number of rotatable bonds is 11. The van der Waals surface area contributed by atoms with E-state index >= 15 is 0 Å². The number of benzene rings is 2. The number of carbonyl (C=O) groups is 1. The summed E-state index contributed by atoms with van der Waals surface area (Å²) in [7, 11) is 0. The fourth-order valence-electron chi connectivity index (χ4n) is 3.18. The van der Waals surface area contributed by atoms with Crippen LogP contribution in [0.1, 0.15) is 25.8 Å². The van der Waals surface area contributed by atoms with Crippen LogP contribution in [0.2, 0.25) is 0 Å². The molecule has 7 heteroatoms. The highest BCUT2D eigenvalue weighted by Gasteiger charge is 2.20. The maximum absolute atomic E-state index is 12.5. The molecule has 0 aliphatic carbocycles. The van der Waals surface area contributed by atoms with E-state index in [4.69, 9.17) is 14.2 Å². The van der Waals surface area contributed by atoms with Gasteiger partial charge in [0.2, 0.25) is 0 Å². The highest BCUT2D eigenvalue weighted by molar-refractivity contribution is 5.80. The molecule has 7 nitrogen and oxygen atoms in total. The van der Waals surface area contributed by atoms with Gasteiger partial charge < -0.3 is 14.2 Å². The van der Waals surface area contributed by atoms with Gasteiger partial charge in [-0.05, 0) is 37.1 Å². The molecular weight excluding hydrogens is 396 g/mol. The van der Waals surface area contributed by atoms with Crippen LogP contribution in [0.3, 0.4) is 0 Å². The Balaban J connectivity index is 1.56. The number of fused-ring (bicyclic) bond motifs is 1. The van der Waals surface area contributed by atoms with Gasteiger partial charge in [0, 0.05) is 18.4 Å². The minimum absolute atomic E-state index is 0.130. The lowest BCUT2D eigenvalue weighted by Gasteiger charge is -2.16. The molecule has 164 valence electrons. The quantitative estimate of drug-likeness (QED) is 0.439. The summed E-state index contributed by atoms with van der Waals surface area (Å²) in [5.41, 5.74) is 0.822. The number of hydrogen-bond donors (Lipinski definition) is 0. The van der Waals surface area contributed by atoms with Crippen LogP contribution < -0.4 is 10.3 Å². The fourth-order valence-corrected chi connectivity index (χ4v) is 3.18. The van der Waals surface area contributed by atoms with Crippen molar-refractivity contribution < 1.29 is 19.0 Å². The number of ether oxygens (including phenoxy) is 3. The Labute approximate surface area is 181 Å². The van der Waals surface area contributed by atoms with Gasteiger partial charge in [-0.3, -0.25) is 4.79 Å². The molecule has 1 aromatic heterocycles. The second kappa shape index (κ2) is 11.3. The first kappa shape index (κ1) is 22.5. The van der Waals surface area contributed by atoms with Gasteiger partial charge in [-0.2, -0.15) is 5.10 Å². The van der Waals surface area contributed by atoms with Crippen molar-refractivity contribution in [3.05, 3.63) is 70.6 Å². The minimum Gasteiger partial charge on any atom is -0.492 e. The molecule has 0 N–H and O–H groups in total. The summed E-state index contributed by atoms with van der Waals surface area (Å²) >= 11 is 0. The van der Waals surface area contributed by atoms with Crippen LogP contribution in [-0.4, -0.2) is 41.7 Å². The van der Waals surface area contributed by atoms with E-state index in [9.17, 15) is 9.59 Å². The Kier molecular flexibility index (Phi) is 8.18. The third-order valence-electron chi connectivity index (χ3n) is 4.75. The Morgan fingerprint density at radius 3 is 2.58 bits per heavy atom. The molecule has 0 saturated carbocycles. The van der Waals surface area contributed by atoms with Crippen LogP contribution in [-0.2, 0) is 27.2 Å². The third kappa shape index (κ3) is 6.15. The Bertz CT molecular complexity index is 1050. The molecule has 31 heavy (non-hydrogen) atoms. The van der Waals surface area contributed by atoms with E-state index in [1.165, 1.54) is 4.68 Å². The third-order valence-corrected chi connectivity index (χ3v) is 4.75. The second-order valence-corrected chi connectivity index (χ2v) is 7.07. The molecule has 0 saturated heterocycles. The van der Waals surface area contributed by atoms with Gasteiger partial charge in [0.15, 0.2) is 6.10 Å². The summed E-state index contributed by atoms with van der Waals surface area (Å²) in [5, 5.41) is 5.67. The maximum atomic E-state index is 12.5. The minimum atomic E-state index is -0.613. The van der Waals surface area contributed by atoms with Crippen molar-refractivity contribution in [2.24, 2.45) is 0 Å². The van der Waals surface area contributed by atoms with Crippen LogP contribution in [0.15, 0.2) is 59.5 Å². The van der Waals surface area contributed by atoms with Crippen LogP contribution in [0.25, 0.3) is 10.8 Å². The highest BCUT2D eigenvalue weighted by Crippen LogP contribution is 2.15. The van der Waals surface area contributed by atoms with Gasteiger partial charge in [0.25, 0.3) is 5.56 Å². The summed E-state index contributed by atoms with van der Waals surface area (Å²) in [6.45, 7) is 5.27. The van der Waals surface area contributed by atoms with Gasteiger partial charge in [-0.1, -0.05) is 37.3 Å². The van der Waals surface area contributed by atoms with Crippen molar-refractivity contribution in [2.45, 2.75) is 39.3 Å². The monoisotopic (exact) mass is 424 g/mol. The van der Waals surface area contributed by atoms with Crippen molar-refractivity contribution in [3.63, 3.8) is 0 Å². The topological polar surface area (TPSA) is 79.7 Å². The lowest BCUT2D eigenvalue weighted by atomic mass is 10.1. The van der Waals surface area contributed by atoms with Crippen LogP contribution in [0.4, 0.5) is 0 Å². The number of aromatic nitrogens is 2. The van der Waals surface area contributed by atoms with Crippen molar-refractivity contribution >= 4 is 16.7 Å². The van der Waals surface area contributed by atoms with E-state index < -0.39 is 6.10 Å². The van der Waals surface area contributed by atoms with E-state index in [0.717, 1.165) is 17.4 Å². The molecule has 3 aromatic rings. The first-order valence-corrected chi connectivity index (χ1v) is 10.6. The highest BCUT2D eigenvalue weighted by atomic mass is 16.6. The number of nitrogens with zero attached hydrogens (tertiary/aromatic N) is 2. The largest absolute Gasteiger partial charge is 0.492 e. The molecule has 1 atom stereocenters. The van der Waals surface area contributed by atoms with Crippen LogP contribution in [0, 0.1) is 0 Å². The number of hydrogen-bond acceptors (Lipinski definition) is 6. The Morgan fingerprint density at radius 2 is 1.84 bits per heavy atom. The van der Waals surface area contributed by atoms with E-state index in [2.05, 4.69) is 5.10 Å². The fraction of sp³-hybridized carbons (Fsp3) is 0.375. The van der Waals surface area contributed by atoms with E-state index in [1.54, 1.807) is 19.2 Å². The molecule has 0 spiro atoms. The lowest BCUT2D eigenvalue weighted by molar-refractivity contribution is -0.156. The lowest BCUT2D eigenvalue weighted by Crippen LogP contribution is -2.29. The number of esters is 1. The molecule has 2 aromatic carbocycles. The molecule has 0 fully saturated rings. The molecule has 0 bridgehead atoms. The van der Waals surface area contributed by atoms with Gasteiger partial charge in [-0.15, -0.1) is 0 Å². The number of carbonyl (C=O) groups excluding carboxylic acids is 1.